The van der Waals surface area contributed by atoms with Crippen LogP contribution < -0.4 is 0 Å². The van der Waals surface area contributed by atoms with Gasteiger partial charge in [-0.2, -0.15) is 5.10 Å². The molecule has 0 bridgehead atoms. The zero-order valence-corrected chi connectivity index (χ0v) is 17.0. The maximum absolute atomic E-state index is 14.7. The molecule has 160 valence electrons. The van der Waals surface area contributed by atoms with Crippen LogP contribution in [0.2, 0.25) is 0 Å². The number of aromatic nitrogens is 4. The minimum absolute atomic E-state index is 0.0365. The molecular weight excluding hydrogens is 394 g/mol. The number of likely N-dealkylation sites (tertiary alicyclic amines) is 2. The average Bonchev–Trinajstić information content (AvgIpc) is 3.01. The highest BCUT2D eigenvalue weighted by Crippen LogP contribution is 2.45. The molecule has 0 aliphatic carbocycles. The van der Waals surface area contributed by atoms with E-state index < -0.39 is 30.2 Å². The molecule has 1 spiro atoms. The van der Waals surface area contributed by atoms with E-state index in [0.717, 1.165) is 16.3 Å². The largest absolute Gasteiger partial charge is 0.336 e. The van der Waals surface area contributed by atoms with Crippen molar-refractivity contribution in [3.8, 4) is 0 Å². The average molecular weight is 418 g/mol. The van der Waals surface area contributed by atoms with E-state index in [1.807, 2.05) is 13.0 Å². The molecule has 0 saturated carbocycles. The van der Waals surface area contributed by atoms with Crippen LogP contribution in [0, 0.1) is 12.3 Å². The Morgan fingerprint density at radius 3 is 2.77 bits per heavy atom. The number of amides is 2. The minimum Gasteiger partial charge on any atom is -0.336 e. The second-order valence-corrected chi connectivity index (χ2v) is 8.30. The Balaban J connectivity index is 1.60. The smallest absolute Gasteiger partial charge is 0.272 e. The van der Waals surface area contributed by atoms with Gasteiger partial charge in [0.15, 0.2) is 0 Å². The van der Waals surface area contributed by atoms with Gasteiger partial charge in [-0.3, -0.25) is 14.3 Å². The molecule has 2 fully saturated rings. The number of nitrogens with zero attached hydrogens (tertiary/aromatic N) is 6. The van der Waals surface area contributed by atoms with Crippen molar-refractivity contribution in [2.45, 2.75) is 38.7 Å². The Hall–Kier alpha value is -2.91. The zero-order chi connectivity index (χ0) is 21.5. The van der Waals surface area contributed by atoms with Crippen molar-refractivity contribution >= 4 is 11.8 Å². The van der Waals surface area contributed by atoms with Crippen molar-refractivity contribution in [2.75, 3.05) is 19.6 Å². The van der Waals surface area contributed by atoms with Gasteiger partial charge in [-0.15, -0.1) is 0 Å². The van der Waals surface area contributed by atoms with Gasteiger partial charge >= 0.3 is 0 Å². The van der Waals surface area contributed by atoms with Gasteiger partial charge in [-0.25, -0.2) is 18.7 Å². The lowest BCUT2D eigenvalue weighted by atomic mass is 9.71. The number of hydrogen-bond acceptors (Lipinski definition) is 5. The van der Waals surface area contributed by atoms with Gasteiger partial charge in [0.2, 0.25) is 5.91 Å². The fraction of sp³-hybridized carbons (Fsp3) is 0.550. The van der Waals surface area contributed by atoms with Crippen LogP contribution in [0.3, 0.4) is 0 Å². The summed E-state index contributed by atoms with van der Waals surface area (Å²) in [4.78, 5) is 36.6. The standard InChI is InChI=1S/C20H24F2N6O2/c1-14-8-15(26(2)25-14)9-27-7-3-5-19(18(27)30)10-20(21,22)12-28(11-19)17(29)16-4-6-23-13-24-16/h4,6,8,13H,3,5,7,9-12H2,1-2H3/t19-/m0/s1. The van der Waals surface area contributed by atoms with Crippen molar-refractivity contribution in [3.63, 3.8) is 0 Å². The Bertz CT molecular complexity index is 963. The van der Waals surface area contributed by atoms with Gasteiger partial charge in [0.1, 0.15) is 12.0 Å². The number of halogens is 2. The number of rotatable bonds is 3. The number of hydrogen-bond donors (Lipinski definition) is 0. The molecule has 1 atom stereocenters. The highest BCUT2D eigenvalue weighted by molar-refractivity contribution is 5.93. The normalized spacial score (nSPS) is 23.8. The van der Waals surface area contributed by atoms with Crippen LogP contribution >= 0.6 is 0 Å². The second-order valence-electron chi connectivity index (χ2n) is 8.30. The van der Waals surface area contributed by atoms with Crippen molar-refractivity contribution in [1.82, 2.24) is 29.5 Å². The van der Waals surface area contributed by atoms with Gasteiger partial charge in [0, 0.05) is 32.8 Å². The molecule has 2 aliphatic rings. The summed E-state index contributed by atoms with van der Waals surface area (Å²) in [5, 5.41) is 4.29. The highest BCUT2D eigenvalue weighted by Gasteiger charge is 2.56. The molecule has 0 radical (unpaired) electrons. The molecule has 8 nitrogen and oxygen atoms in total. The van der Waals surface area contributed by atoms with Crippen molar-refractivity contribution in [2.24, 2.45) is 12.5 Å². The topological polar surface area (TPSA) is 84.2 Å². The summed E-state index contributed by atoms with van der Waals surface area (Å²) in [7, 11) is 1.80. The first-order valence-corrected chi connectivity index (χ1v) is 9.91. The molecule has 2 aromatic rings. The van der Waals surface area contributed by atoms with Gasteiger partial charge in [0.05, 0.1) is 29.9 Å². The fourth-order valence-corrected chi connectivity index (χ4v) is 4.65. The molecule has 10 heteroatoms. The van der Waals surface area contributed by atoms with Gasteiger partial charge in [-0.1, -0.05) is 0 Å². The zero-order valence-electron chi connectivity index (χ0n) is 17.0. The van der Waals surface area contributed by atoms with Crippen LogP contribution in [0.25, 0.3) is 0 Å². The van der Waals surface area contributed by atoms with E-state index in [4.69, 9.17) is 0 Å². The molecule has 2 aliphatic heterocycles. The van der Waals surface area contributed by atoms with Crippen molar-refractivity contribution in [1.29, 1.82) is 0 Å². The molecule has 2 aromatic heterocycles. The second kappa shape index (κ2) is 7.41. The number of carbonyl (C=O) groups excluding carboxylic acids is 2. The molecule has 0 unspecified atom stereocenters. The van der Waals surface area contributed by atoms with Gasteiger partial charge in [-0.05, 0) is 31.9 Å². The number of piperidine rings is 2. The monoisotopic (exact) mass is 418 g/mol. The van der Waals surface area contributed by atoms with Crippen LogP contribution in [0.4, 0.5) is 8.78 Å². The summed E-state index contributed by atoms with van der Waals surface area (Å²) in [6.07, 6.45) is 2.98. The lowest BCUT2D eigenvalue weighted by Gasteiger charge is -2.49. The predicted molar refractivity (Wildman–Crippen MR) is 103 cm³/mol. The van der Waals surface area contributed by atoms with Crippen LogP contribution in [-0.2, 0) is 18.4 Å². The summed E-state index contributed by atoms with van der Waals surface area (Å²) >= 11 is 0. The number of carbonyl (C=O) groups is 2. The molecule has 4 rings (SSSR count). The molecule has 30 heavy (non-hydrogen) atoms. The maximum atomic E-state index is 14.7. The highest BCUT2D eigenvalue weighted by atomic mass is 19.3. The summed E-state index contributed by atoms with van der Waals surface area (Å²) < 4.78 is 31.2. The first kappa shape index (κ1) is 20.4. The number of aryl methyl sites for hydroxylation is 2. The van der Waals surface area contributed by atoms with Crippen LogP contribution in [0.15, 0.2) is 24.7 Å². The molecule has 2 saturated heterocycles. The van der Waals surface area contributed by atoms with E-state index in [1.54, 1.807) is 16.6 Å². The molecule has 4 heterocycles. The van der Waals surface area contributed by atoms with E-state index in [1.165, 1.54) is 18.6 Å². The lowest BCUT2D eigenvalue weighted by molar-refractivity contribution is -0.166. The van der Waals surface area contributed by atoms with Crippen LogP contribution in [0.5, 0.6) is 0 Å². The maximum Gasteiger partial charge on any atom is 0.272 e. The third-order valence-corrected chi connectivity index (χ3v) is 5.88. The Morgan fingerprint density at radius 2 is 2.10 bits per heavy atom. The summed E-state index contributed by atoms with van der Waals surface area (Å²) in [6, 6.07) is 3.27. The van der Waals surface area contributed by atoms with E-state index in [-0.39, 0.29) is 18.1 Å². The Kier molecular flexibility index (Phi) is 5.03. The van der Waals surface area contributed by atoms with Crippen LogP contribution in [0.1, 0.15) is 41.1 Å². The lowest BCUT2D eigenvalue weighted by Crippen LogP contribution is -2.61. The van der Waals surface area contributed by atoms with Crippen molar-refractivity contribution in [3.05, 3.63) is 41.7 Å². The third kappa shape index (κ3) is 3.78. The number of alkyl halides is 2. The summed E-state index contributed by atoms with van der Waals surface area (Å²) in [5.41, 5.74) is 0.422. The third-order valence-electron chi connectivity index (χ3n) is 5.88. The fourth-order valence-electron chi connectivity index (χ4n) is 4.65. The Morgan fingerprint density at radius 1 is 1.30 bits per heavy atom. The minimum atomic E-state index is -3.15. The van der Waals surface area contributed by atoms with E-state index in [2.05, 4.69) is 15.1 Å². The predicted octanol–water partition coefficient (Wildman–Crippen LogP) is 1.81. The summed E-state index contributed by atoms with van der Waals surface area (Å²) in [6.45, 7) is 1.91. The van der Waals surface area contributed by atoms with Crippen LogP contribution in [-0.4, -0.2) is 66.9 Å². The first-order valence-electron chi connectivity index (χ1n) is 9.91. The molecule has 0 aromatic carbocycles. The molecular formula is C20H24F2N6O2. The van der Waals surface area contributed by atoms with Gasteiger partial charge < -0.3 is 9.80 Å². The van der Waals surface area contributed by atoms with E-state index in [0.29, 0.717) is 25.9 Å². The molecule has 0 N–H and O–H groups in total. The SMILES string of the molecule is Cc1cc(CN2CCC[C@]3(CN(C(=O)c4ccncn4)CC(F)(F)C3)C2=O)n(C)n1. The quantitative estimate of drug-likeness (QED) is 0.759. The van der Waals surface area contributed by atoms with Crippen molar-refractivity contribution < 1.29 is 18.4 Å². The first-order chi connectivity index (χ1) is 14.2. The van der Waals surface area contributed by atoms with E-state index >= 15 is 0 Å². The van der Waals surface area contributed by atoms with Gasteiger partial charge in [0.25, 0.3) is 11.8 Å². The molecule has 2 amide bonds. The van der Waals surface area contributed by atoms with E-state index in [9.17, 15) is 18.4 Å². The Labute approximate surface area is 172 Å². The summed E-state index contributed by atoms with van der Waals surface area (Å²) in [5.74, 6) is -4.08.